The van der Waals surface area contributed by atoms with Crippen LogP contribution in [-0.4, -0.2) is 35.7 Å². The zero-order valence-corrected chi connectivity index (χ0v) is 19.1. The minimum atomic E-state index is -1.29. The molecule has 2 fully saturated rings. The standard InChI is InChI=1S/C24H26N2O5S/c1-4-11-24(23(30)31-5-2)19-18(20(25-24)17-10-7-12-32-17)21(28)26(22(19)29)16-9-6-8-15(13-16)14(3)27/h6-10,12-13,18-20,25H,4-5,11H2,1-3H3/t18-,19-,20-,24+/m1/s1. The number of imide groups is 1. The van der Waals surface area contributed by atoms with Gasteiger partial charge in [-0.25, -0.2) is 4.90 Å². The third-order valence-corrected chi connectivity index (χ3v) is 7.25. The predicted molar refractivity (Wildman–Crippen MR) is 120 cm³/mol. The lowest BCUT2D eigenvalue weighted by Gasteiger charge is -2.32. The Morgan fingerprint density at radius 2 is 1.94 bits per heavy atom. The molecule has 0 aliphatic carbocycles. The average Bonchev–Trinajstić information content (AvgIpc) is 3.46. The van der Waals surface area contributed by atoms with Crippen LogP contribution in [0.25, 0.3) is 0 Å². The van der Waals surface area contributed by atoms with Crippen LogP contribution in [0.3, 0.4) is 0 Å². The third kappa shape index (κ3) is 3.38. The first-order valence-corrected chi connectivity index (χ1v) is 11.7. The summed E-state index contributed by atoms with van der Waals surface area (Å²) in [4.78, 5) is 54.6. The maximum atomic E-state index is 13.8. The van der Waals surface area contributed by atoms with Crippen LogP contribution < -0.4 is 10.2 Å². The Morgan fingerprint density at radius 1 is 1.16 bits per heavy atom. The summed E-state index contributed by atoms with van der Waals surface area (Å²) < 4.78 is 5.41. The fourth-order valence-electron chi connectivity index (χ4n) is 5.01. The lowest BCUT2D eigenvalue weighted by molar-refractivity contribution is -0.155. The molecule has 2 aliphatic heterocycles. The van der Waals surface area contributed by atoms with E-state index in [1.54, 1.807) is 31.2 Å². The molecular weight excluding hydrogens is 428 g/mol. The Labute approximate surface area is 190 Å². The number of ether oxygens (including phenoxy) is 1. The molecule has 2 amide bonds. The molecule has 0 bridgehead atoms. The van der Waals surface area contributed by atoms with Crippen molar-refractivity contribution in [3.63, 3.8) is 0 Å². The Balaban J connectivity index is 1.84. The SMILES string of the molecule is CCC[C@]1(C(=O)OCC)N[C@H](c2cccs2)[C@@H]2C(=O)N(c3cccc(C(C)=O)c3)C(=O)[C@@H]21. The largest absolute Gasteiger partial charge is 0.465 e. The highest BCUT2D eigenvalue weighted by Gasteiger charge is 2.68. The molecule has 8 heteroatoms. The normalized spacial score (nSPS) is 27.0. The molecule has 1 aromatic carbocycles. The zero-order valence-electron chi connectivity index (χ0n) is 18.3. The molecule has 2 aromatic rings. The van der Waals surface area contributed by atoms with Crippen LogP contribution >= 0.6 is 11.3 Å². The molecule has 4 atom stereocenters. The number of Topliss-reactive ketones (excluding diaryl/α,β-unsaturated/α-hetero) is 1. The van der Waals surface area contributed by atoms with E-state index in [-0.39, 0.29) is 18.3 Å². The molecular formula is C24H26N2O5S. The molecule has 3 heterocycles. The van der Waals surface area contributed by atoms with Crippen molar-refractivity contribution in [3.8, 4) is 0 Å². The summed E-state index contributed by atoms with van der Waals surface area (Å²) in [5.41, 5.74) is -0.524. The number of esters is 1. The van der Waals surface area contributed by atoms with Gasteiger partial charge < -0.3 is 4.74 Å². The summed E-state index contributed by atoms with van der Waals surface area (Å²) in [7, 11) is 0. The van der Waals surface area contributed by atoms with Crippen LogP contribution in [0.15, 0.2) is 41.8 Å². The number of rotatable bonds is 7. The molecule has 0 radical (unpaired) electrons. The van der Waals surface area contributed by atoms with Crippen LogP contribution in [0.1, 0.15) is 54.9 Å². The van der Waals surface area contributed by atoms with Gasteiger partial charge in [-0.1, -0.05) is 31.5 Å². The molecule has 0 unspecified atom stereocenters. The first-order valence-electron chi connectivity index (χ1n) is 10.8. The number of amides is 2. The van der Waals surface area contributed by atoms with Crippen molar-refractivity contribution >= 4 is 40.6 Å². The van der Waals surface area contributed by atoms with Gasteiger partial charge in [0, 0.05) is 10.4 Å². The Hall–Kier alpha value is -2.84. The van der Waals surface area contributed by atoms with Gasteiger partial charge in [0.15, 0.2) is 5.78 Å². The molecule has 4 rings (SSSR count). The number of thiophene rings is 1. The molecule has 1 N–H and O–H groups in total. The number of carbonyl (C=O) groups is 4. The second-order valence-corrected chi connectivity index (χ2v) is 9.18. The van der Waals surface area contributed by atoms with E-state index in [0.717, 1.165) is 9.78 Å². The summed E-state index contributed by atoms with van der Waals surface area (Å²) >= 11 is 1.48. The lowest BCUT2D eigenvalue weighted by atomic mass is 9.77. The summed E-state index contributed by atoms with van der Waals surface area (Å²) in [6.45, 7) is 5.28. The van der Waals surface area contributed by atoms with Crippen molar-refractivity contribution in [2.75, 3.05) is 11.5 Å². The fourth-order valence-corrected chi connectivity index (χ4v) is 5.83. The predicted octanol–water partition coefficient (Wildman–Crippen LogP) is 3.50. The molecule has 2 aliphatic rings. The van der Waals surface area contributed by atoms with Crippen LogP contribution in [0.2, 0.25) is 0 Å². The van der Waals surface area contributed by atoms with Gasteiger partial charge in [0.25, 0.3) is 0 Å². The van der Waals surface area contributed by atoms with Crippen LogP contribution in [0, 0.1) is 11.8 Å². The van der Waals surface area contributed by atoms with E-state index in [1.807, 2.05) is 24.4 Å². The van der Waals surface area contributed by atoms with Gasteiger partial charge in [-0.3, -0.25) is 24.5 Å². The topological polar surface area (TPSA) is 92.8 Å². The number of hydrogen-bond acceptors (Lipinski definition) is 7. The summed E-state index contributed by atoms with van der Waals surface area (Å²) in [6.07, 6.45) is 1.00. The molecule has 0 spiro atoms. The van der Waals surface area contributed by atoms with E-state index in [9.17, 15) is 19.2 Å². The number of nitrogens with zero attached hydrogens (tertiary/aromatic N) is 1. The smallest absolute Gasteiger partial charge is 0.327 e. The van der Waals surface area contributed by atoms with Gasteiger partial charge in [-0.2, -0.15) is 0 Å². The first kappa shape index (κ1) is 22.4. The quantitative estimate of drug-likeness (QED) is 0.391. The van der Waals surface area contributed by atoms with E-state index < -0.39 is 35.3 Å². The van der Waals surface area contributed by atoms with Crippen molar-refractivity contribution in [1.82, 2.24) is 5.32 Å². The van der Waals surface area contributed by atoms with Crippen molar-refractivity contribution in [2.24, 2.45) is 11.8 Å². The van der Waals surface area contributed by atoms with Gasteiger partial charge in [-0.05, 0) is 43.8 Å². The van der Waals surface area contributed by atoms with E-state index in [1.165, 1.54) is 18.3 Å². The van der Waals surface area contributed by atoms with Crippen LogP contribution in [-0.2, 0) is 19.1 Å². The molecule has 0 saturated carbocycles. The highest BCUT2D eigenvalue weighted by atomic mass is 32.1. The fraction of sp³-hybridized carbons (Fsp3) is 0.417. The minimum Gasteiger partial charge on any atom is -0.465 e. The second-order valence-electron chi connectivity index (χ2n) is 8.20. The Kier molecular flexibility index (Phi) is 6.01. The Morgan fingerprint density at radius 3 is 2.56 bits per heavy atom. The third-order valence-electron chi connectivity index (χ3n) is 6.30. The zero-order chi connectivity index (χ0) is 23.0. The second kappa shape index (κ2) is 8.60. The number of carbonyl (C=O) groups excluding carboxylic acids is 4. The van der Waals surface area contributed by atoms with Crippen molar-refractivity contribution < 1.29 is 23.9 Å². The van der Waals surface area contributed by atoms with Gasteiger partial charge in [0.2, 0.25) is 11.8 Å². The molecule has 168 valence electrons. The summed E-state index contributed by atoms with van der Waals surface area (Å²) in [5, 5.41) is 5.28. The van der Waals surface area contributed by atoms with Crippen LogP contribution in [0.5, 0.6) is 0 Å². The molecule has 7 nitrogen and oxygen atoms in total. The summed E-state index contributed by atoms with van der Waals surface area (Å²) in [6, 6.07) is 9.81. The van der Waals surface area contributed by atoms with E-state index >= 15 is 0 Å². The molecule has 2 saturated heterocycles. The maximum Gasteiger partial charge on any atom is 0.327 e. The van der Waals surface area contributed by atoms with E-state index in [0.29, 0.717) is 24.1 Å². The highest BCUT2D eigenvalue weighted by Crippen LogP contribution is 2.52. The number of hydrogen-bond donors (Lipinski definition) is 1. The van der Waals surface area contributed by atoms with E-state index in [4.69, 9.17) is 4.74 Å². The van der Waals surface area contributed by atoms with Crippen molar-refractivity contribution in [1.29, 1.82) is 0 Å². The van der Waals surface area contributed by atoms with Crippen molar-refractivity contribution in [2.45, 2.75) is 45.2 Å². The Bertz CT molecular complexity index is 1070. The van der Waals surface area contributed by atoms with Gasteiger partial charge in [-0.15, -0.1) is 11.3 Å². The minimum absolute atomic E-state index is 0.156. The number of anilines is 1. The van der Waals surface area contributed by atoms with Gasteiger partial charge >= 0.3 is 5.97 Å². The molecule has 32 heavy (non-hydrogen) atoms. The van der Waals surface area contributed by atoms with Crippen molar-refractivity contribution in [3.05, 3.63) is 52.2 Å². The molecule has 1 aromatic heterocycles. The number of ketones is 1. The van der Waals surface area contributed by atoms with Crippen LogP contribution in [0.4, 0.5) is 5.69 Å². The van der Waals surface area contributed by atoms with E-state index in [2.05, 4.69) is 5.32 Å². The average molecular weight is 455 g/mol. The number of fused-ring (bicyclic) bond motifs is 1. The van der Waals surface area contributed by atoms with Gasteiger partial charge in [0.05, 0.1) is 30.2 Å². The highest BCUT2D eigenvalue weighted by molar-refractivity contribution is 7.10. The lowest BCUT2D eigenvalue weighted by Crippen LogP contribution is -2.56. The number of benzene rings is 1. The number of nitrogens with one attached hydrogen (secondary N) is 1. The summed E-state index contributed by atoms with van der Waals surface area (Å²) in [5.74, 6) is -3.09. The first-order chi connectivity index (χ1) is 15.4. The van der Waals surface area contributed by atoms with Gasteiger partial charge in [0.1, 0.15) is 5.54 Å². The maximum absolute atomic E-state index is 13.8. The monoisotopic (exact) mass is 454 g/mol.